The summed E-state index contributed by atoms with van der Waals surface area (Å²) in [5.41, 5.74) is 0.356. The summed E-state index contributed by atoms with van der Waals surface area (Å²) in [6.07, 6.45) is -8.43. The fourth-order valence-electron chi connectivity index (χ4n) is 0.927. The van der Waals surface area contributed by atoms with Crippen LogP contribution in [0.2, 0.25) is 0 Å². The SMILES string of the molecule is CC(C)=C(O)C(O)C(O)C(O)C(O)C=O.CC(O)C(=O)O. The first-order valence-electron chi connectivity index (χ1n) is 5.92. The van der Waals surface area contributed by atoms with Gasteiger partial charge in [0.25, 0.3) is 0 Å². The zero-order valence-corrected chi connectivity index (χ0v) is 11.9. The van der Waals surface area contributed by atoms with Crippen LogP contribution < -0.4 is 0 Å². The van der Waals surface area contributed by atoms with Crippen molar-refractivity contribution in [3.05, 3.63) is 11.3 Å². The molecule has 0 rings (SSSR count). The molecule has 0 aromatic heterocycles. The van der Waals surface area contributed by atoms with Gasteiger partial charge in [0.15, 0.2) is 6.29 Å². The molecule has 0 aliphatic carbocycles. The minimum atomic E-state index is -1.85. The fourth-order valence-corrected chi connectivity index (χ4v) is 0.927. The van der Waals surface area contributed by atoms with E-state index in [0.717, 1.165) is 0 Å². The molecule has 0 spiro atoms. The Morgan fingerprint density at radius 1 is 0.952 bits per heavy atom. The molecule has 9 heteroatoms. The lowest BCUT2D eigenvalue weighted by atomic mass is 10.0. The summed E-state index contributed by atoms with van der Waals surface area (Å²) in [6, 6.07) is 0. The molecular weight excluding hydrogens is 288 g/mol. The molecule has 124 valence electrons. The minimum Gasteiger partial charge on any atom is -0.510 e. The van der Waals surface area contributed by atoms with Gasteiger partial charge in [-0.15, -0.1) is 0 Å². The summed E-state index contributed by atoms with van der Waals surface area (Å²) >= 11 is 0. The molecule has 0 heterocycles. The van der Waals surface area contributed by atoms with Gasteiger partial charge in [0.2, 0.25) is 0 Å². The topological polar surface area (TPSA) is 176 Å². The van der Waals surface area contributed by atoms with Crippen molar-refractivity contribution in [3.8, 4) is 0 Å². The van der Waals surface area contributed by atoms with Crippen molar-refractivity contribution < 1.29 is 45.3 Å². The van der Waals surface area contributed by atoms with E-state index in [0.29, 0.717) is 5.57 Å². The number of aliphatic hydroxyl groups excluding tert-OH is 6. The number of carboxylic acid groups (broad SMARTS) is 1. The maximum Gasteiger partial charge on any atom is 0.332 e. The number of hydrogen-bond donors (Lipinski definition) is 7. The van der Waals surface area contributed by atoms with Crippen LogP contribution in [0.4, 0.5) is 0 Å². The molecule has 0 fully saturated rings. The van der Waals surface area contributed by atoms with Gasteiger partial charge in [0.1, 0.15) is 36.3 Å². The summed E-state index contributed by atoms with van der Waals surface area (Å²) < 4.78 is 0. The lowest BCUT2D eigenvalue weighted by Crippen LogP contribution is -2.45. The van der Waals surface area contributed by atoms with Crippen molar-refractivity contribution in [3.63, 3.8) is 0 Å². The van der Waals surface area contributed by atoms with Crippen molar-refractivity contribution >= 4 is 12.3 Å². The van der Waals surface area contributed by atoms with E-state index in [1.54, 1.807) is 0 Å². The Labute approximate surface area is 121 Å². The number of rotatable bonds is 6. The van der Waals surface area contributed by atoms with Crippen molar-refractivity contribution in [2.45, 2.75) is 51.3 Å². The maximum absolute atomic E-state index is 10.1. The third-order valence-electron chi connectivity index (χ3n) is 2.31. The van der Waals surface area contributed by atoms with Crippen molar-refractivity contribution in [1.29, 1.82) is 0 Å². The van der Waals surface area contributed by atoms with Crippen LogP contribution in [0.15, 0.2) is 11.3 Å². The number of carbonyl (C=O) groups excluding carboxylic acids is 1. The van der Waals surface area contributed by atoms with Gasteiger partial charge < -0.3 is 40.5 Å². The smallest absolute Gasteiger partial charge is 0.332 e. The largest absolute Gasteiger partial charge is 0.510 e. The zero-order valence-electron chi connectivity index (χ0n) is 11.9. The summed E-state index contributed by atoms with van der Waals surface area (Å²) in [4.78, 5) is 19.5. The fraction of sp³-hybridized carbons (Fsp3) is 0.667. The quantitative estimate of drug-likeness (QED) is 0.214. The molecule has 0 aromatic carbocycles. The predicted octanol–water partition coefficient (Wildman–Crippen LogP) is -2.07. The first-order valence-corrected chi connectivity index (χ1v) is 5.92. The van der Waals surface area contributed by atoms with E-state index in [1.165, 1.54) is 20.8 Å². The summed E-state index contributed by atoms with van der Waals surface area (Å²) in [5.74, 6) is -1.69. The van der Waals surface area contributed by atoms with E-state index in [1.807, 2.05) is 0 Å². The molecule has 0 bridgehead atoms. The van der Waals surface area contributed by atoms with E-state index in [4.69, 9.17) is 20.4 Å². The molecule has 0 aliphatic heterocycles. The van der Waals surface area contributed by atoms with Crippen LogP contribution >= 0.6 is 0 Å². The van der Waals surface area contributed by atoms with Crippen molar-refractivity contribution in [2.24, 2.45) is 0 Å². The second kappa shape index (κ2) is 10.2. The van der Waals surface area contributed by atoms with Crippen LogP contribution in [0, 0.1) is 0 Å². The number of aliphatic hydroxyl groups is 6. The van der Waals surface area contributed by atoms with Crippen molar-refractivity contribution in [2.75, 3.05) is 0 Å². The molecule has 9 nitrogen and oxygen atoms in total. The highest BCUT2D eigenvalue weighted by atomic mass is 16.4. The normalized spacial score (nSPS) is 17.3. The molecule has 0 saturated heterocycles. The zero-order chi connectivity index (χ0) is 17.3. The van der Waals surface area contributed by atoms with Crippen molar-refractivity contribution in [1.82, 2.24) is 0 Å². The van der Waals surface area contributed by atoms with Crippen LogP contribution in [0.25, 0.3) is 0 Å². The lowest BCUT2D eigenvalue weighted by molar-refractivity contribution is -0.145. The first-order chi connectivity index (χ1) is 9.47. The summed E-state index contributed by atoms with van der Waals surface area (Å²) in [6.45, 7) is 4.18. The number of carboxylic acids is 1. The Bertz CT molecular complexity index is 360. The third kappa shape index (κ3) is 8.38. The second-order valence-electron chi connectivity index (χ2n) is 4.45. The molecule has 0 amide bonds. The number of hydrogen-bond acceptors (Lipinski definition) is 8. The Kier molecular flexibility index (Phi) is 10.6. The Hall–Kier alpha value is -1.52. The predicted molar refractivity (Wildman–Crippen MR) is 70.4 cm³/mol. The molecule has 7 N–H and O–H groups in total. The Morgan fingerprint density at radius 2 is 1.33 bits per heavy atom. The average molecular weight is 310 g/mol. The first kappa shape index (κ1) is 21.8. The highest BCUT2D eigenvalue weighted by Gasteiger charge is 2.32. The average Bonchev–Trinajstić information content (AvgIpc) is 2.43. The van der Waals surface area contributed by atoms with Gasteiger partial charge in [-0.3, -0.25) is 0 Å². The van der Waals surface area contributed by atoms with Crippen LogP contribution in [0.3, 0.4) is 0 Å². The van der Waals surface area contributed by atoms with Crippen LogP contribution in [-0.4, -0.2) is 78.5 Å². The molecule has 5 atom stereocenters. The summed E-state index contributed by atoms with van der Waals surface area (Å²) in [7, 11) is 0. The molecular formula is C12H22O9. The van der Waals surface area contributed by atoms with Gasteiger partial charge in [-0.05, 0) is 26.3 Å². The standard InChI is InChI=1S/C9H16O6.C3H6O3/c1-4(2)6(12)8(14)9(15)7(13)5(11)3-10;1-2(4)3(5)6/h3,5,7-9,11-15H,1-2H3;2,4H,1H3,(H,5,6). The monoisotopic (exact) mass is 310 g/mol. The van der Waals surface area contributed by atoms with E-state index in [2.05, 4.69) is 0 Å². The molecule has 0 aliphatic rings. The van der Waals surface area contributed by atoms with Gasteiger partial charge in [-0.1, -0.05) is 0 Å². The molecule has 5 unspecified atom stereocenters. The number of carbonyl (C=O) groups is 2. The Balaban J connectivity index is 0. The second-order valence-corrected chi connectivity index (χ2v) is 4.45. The Morgan fingerprint density at radius 3 is 1.57 bits per heavy atom. The van der Waals surface area contributed by atoms with Gasteiger partial charge in [0, 0.05) is 0 Å². The number of allylic oxidation sites excluding steroid dienone is 1. The van der Waals surface area contributed by atoms with Gasteiger partial charge in [0.05, 0.1) is 0 Å². The van der Waals surface area contributed by atoms with E-state index in [-0.39, 0.29) is 6.29 Å². The van der Waals surface area contributed by atoms with E-state index < -0.39 is 42.2 Å². The van der Waals surface area contributed by atoms with Gasteiger partial charge in [-0.25, -0.2) is 4.79 Å². The molecule has 0 saturated carbocycles. The van der Waals surface area contributed by atoms with E-state index >= 15 is 0 Å². The highest BCUT2D eigenvalue weighted by Crippen LogP contribution is 2.12. The third-order valence-corrected chi connectivity index (χ3v) is 2.31. The number of aliphatic carboxylic acids is 1. The lowest BCUT2D eigenvalue weighted by Gasteiger charge is -2.24. The molecule has 0 radical (unpaired) electrons. The van der Waals surface area contributed by atoms with Crippen LogP contribution in [0.5, 0.6) is 0 Å². The molecule has 0 aromatic rings. The molecule has 21 heavy (non-hydrogen) atoms. The van der Waals surface area contributed by atoms with Crippen LogP contribution in [-0.2, 0) is 9.59 Å². The van der Waals surface area contributed by atoms with Gasteiger partial charge >= 0.3 is 5.97 Å². The van der Waals surface area contributed by atoms with Crippen LogP contribution in [0.1, 0.15) is 20.8 Å². The maximum atomic E-state index is 10.1. The highest BCUT2D eigenvalue weighted by molar-refractivity contribution is 5.71. The number of aldehydes is 1. The van der Waals surface area contributed by atoms with Gasteiger partial charge in [-0.2, -0.15) is 0 Å². The summed E-state index contributed by atoms with van der Waals surface area (Å²) in [5, 5.41) is 61.7. The van der Waals surface area contributed by atoms with E-state index in [9.17, 15) is 24.9 Å². The minimum absolute atomic E-state index is 0.0279.